The molecule has 0 aliphatic carbocycles. The van der Waals surface area contributed by atoms with Crippen molar-refractivity contribution in [3.05, 3.63) is 65.7 Å². The minimum atomic E-state index is -0.116. The average molecular weight is 497 g/mol. The van der Waals surface area contributed by atoms with Gasteiger partial charge in [-0.15, -0.1) is 0 Å². The van der Waals surface area contributed by atoms with Gasteiger partial charge in [0.15, 0.2) is 0 Å². The van der Waals surface area contributed by atoms with Crippen molar-refractivity contribution in [2.24, 2.45) is 17.4 Å². The molecule has 0 aromatic heterocycles. The van der Waals surface area contributed by atoms with E-state index in [1.165, 1.54) is 11.1 Å². The highest BCUT2D eigenvalue weighted by Crippen LogP contribution is 2.37. The van der Waals surface area contributed by atoms with Crippen molar-refractivity contribution < 1.29 is 19.1 Å². The molecule has 2 aromatic rings. The van der Waals surface area contributed by atoms with Gasteiger partial charge in [0, 0.05) is 38.1 Å². The fourth-order valence-corrected chi connectivity index (χ4v) is 5.13. The molecule has 1 fully saturated rings. The van der Waals surface area contributed by atoms with Gasteiger partial charge in [0.05, 0.1) is 6.10 Å². The van der Waals surface area contributed by atoms with E-state index < -0.39 is 0 Å². The summed E-state index contributed by atoms with van der Waals surface area (Å²) < 4.78 is 11.4. The number of nitrogens with zero attached hydrogens (tertiary/aromatic N) is 1. The molecule has 0 radical (unpaired) electrons. The van der Waals surface area contributed by atoms with Crippen molar-refractivity contribution in [3.63, 3.8) is 0 Å². The number of piperidine rings is 1. The van der Waals surface area contributed by atoms with Crippen molar-refractivity contribution >= 4 is 12.7 Å². The highest BCUT2D eigenvalue weighted by Gasteiger charge is 2.30. The van der Waals surface area contributed by atoms with E-state index in [2.05, 4.69) is 46.6 Å². The maximum Gasteiger partial charge on any atom is 0.207 e. The standard InChI is InChI=1S/C28H40N4O4/c29-12-17-35-25-8-4-7-24(19-25)28(22-5-2-1-3-6-22)23(9-13-31-21-34)10-14-32-15-11-27(26(30)20-32)36-18-16-33/h1-8,16,19,21,23,26-28H,9-15,17-18,20,29-30H2,(H,31,34). The molecule has 4 atom stereocenters. The third-order valence-electron chi connectivity index (χ3n) is 6.85. The van der Waals surface area contributed by atoms with E-state index in [0.29, 0.717) is 19.7 Å². The Kier molecular flexibility index (Phi) is 11.9. The first-order valence-corrected chi connectivity index (χ1v) is 12.8. The third-order valence-corrected chi connectivity index (χ3v) is 6.85. The molecule has 1 amide bonds. The highest BCUT2D eigenvalue weighted by molar-refractivity contribution is 5.50. The van der Waals surface area contributed by atoms with Crippen LogP contribution in [0.15, 0.2) is 54.6 Å². The number of amides is 1. The molecule has 1 heterocycles. The molecule has 1 aliphatic heterocycles. The van der Waals surface area contributed by atoms with E-state index in [0.717, 1.165) is 57.3 Å². The maximum absolute atomic E-state index is 11.0. The van der Waals surface area contributed by atoms with Crippen molar-refractivity contribution in [2.45, 2.75) is 37.3 Å². The third kappa shape index (κ3) is 8.41. The van der Waals surface area contributed by atoms with Crippen molar-refractivity contribution in [1.82, 2.24) is 10.2 Å². The molecular weight excluding hydrogens is 456 g/mol. The summed E-state index contributed by atoms with van der Waals surface area (Å²) in [6.45, 7) is 4.16. The molecule has 1 saturated heterocycles. The quantitative estimate of drug-likeness (QED) is 0.240. The molecule has 4 unspecified atom stereocenters. The Bertz CT molecular complexity index is 913. The fraction of sp³-hybridized carbons (Fsp3) is 0.500. The monoisotopic (exact) mass is 496 g/mol. The predicted octanol–water partition coefficient (Wildman–Crippen LogP) is 1.92. The summed E-state index contributed by atoms with van der Waals surface area (Å²) in [5, 5.41) is 2.85. The Morgan fingerprint density at radius 1 is 1.08 bits per heavy atom. The number of carbonyl (C=O) groups is 2. The Morgan fingerprint density at radius 2 is 1.89 bits per heavy atom. The molecular formula is C28H40N4O4. The summed E-state index contributed by atoms with van der Waals surface area (Å²) in [5.41, 5.74) is 14.4. The van der Waals surface area contributed by atoms with E-state index in [-0.39, 0.29) is 30.6 Å². The second kappa shape index (κ2) is 15.4. The van der Waals surface area contributed by atoms with Gasteiger partial charge in [-0.2, -0.15) is 0 Å². The average Bonchev–Trinajstić information content (AvgIpc) is 2.91. The summed E-state index contributed by atoms with van der Waals surface area (Å²) in [4.78, 5) is 24.0. The van der Waals surface area contributed by atoms with Crippen LogP contribution in [0, 0.1) is 5.92 Å². The Balaban J connectivity index is 1.78. The smallest absolute Gasteiger partial charge is 0.207 e. The number of nitrogens with two attached hydrogens (primary N) is 2. The molecule has 8 heteroatoms. The van der Waals surface area contributed by atoms with Crippen LogP contribution in [0.4, 0.5) is 0 Å². The summed E-state index contributed by atoms with van der Waals surface area (Å²) in [6, 6.07) is 18.6. The zero-order valence-corrected chi connectivity index (χ0v) is 21.0. The van der Waals surface area contributed by atoms with Crippen LogP contribution in [0.1, 0.15) is 36.3 Å². The number of rotatable bonds is 16. The Labute approximate surface area is 214 Å². The number of likely N-dealkylation sites (tertiary alicyclic amines) is 1. The van der Waals surface area contributed by atoms with Crippen molar-refractivity contribution in [2.75, 3.05) is 45.9 Å². The highest BCUT2D eigenvalue weighted by atomic mass is 16.5. The first kappa shape index (κ1) is 27.8. The molecule has 5 N–H and O–H groups in total. The van der Waals surface area contributed by atoms with Gasteiger partial charge in [0.25, 0.3) is 0 Å². The minimum absolute atomic E-state index is 0.0765. The maximum atomic E-state index is 11.0. The molecule has 196 valence electrons. The molecule has 0 spiro atoms. The number of nitrogens with one attached hydrogen (secondary N) is 1. The summed E-state index contributed by atoms with van der Waals surface area (Å²) >= 11 is 0. The SMILES string of the molecule is NCCOc1cccc(C(c2ccccc2)C(CCNC=O)CCN2CCC(OCC=O)C(N)C2)c1. The van der Waals surface area contributed by atoms with Crippen LogP contribution in [0.5, 0.6) is 5.75 Å². The van der Waals surface area contributed by atoms with E-state index in [4.69, 9.17) is 20.9 Å². The van der Waals surface area contributed by atoms with Crippen LogP contribution in [0.25, 0.3) is 0 Å². The van der Waals surface area contributed by atoms with Gasteiger partial charge in [-0.3, -0.25) is 4.79 Å². The Morgan fingerprint density at radius 3 is 2.61 bits per heavy atom. The lowest BCUT2D eigenvalue weighted by atomic mass is 9.77. The first-order valence-electron chi connectivity index (χ1n) is 12.8. The van der Waals surface area contributed by atoms with Gasteiger partial charge in [0.2, 0.25) is 6.41 Å². The van der Waals surface area contributed by atoms with Crippen LogP contribution in [-0.2, 0) is 14.3 Å². The number of hydrogen-bond acceptors (Lipinski definition) is 7. The predicted molar refractivity (Wildman–Crippen MR) is 141 cm³/mol. The van der Waals surface area contributed by atoms with E-state index in [9.17, 15) is 9.59 Å². The van der Waals surface area contributed by atoms with Gasteiger partial charge in [-0.1, -0.05) is 42.5 Å². The van der Waals surface area contributed by atoms with Crippen LogP contribution in [-0.4, -0.2) is 75.7 Å². The zero-order chi connectivity index (χ0) is 25.6. The Hall–Kier alpha value is -2.78. The first-order chi connectivity index (χ1) is 17.7. The van der Waals surface area contributed by atoms with Gasteiger partial charge in [0.1, 0.15) is 25.2 Å². The number of aldehydes is 1. The number of benzene rings is 2. The lowest BCUT2D eigenvalue weighted by molar-refractivity contribution is -0.115. The molecule has 2 aromatic carbocycles. The van der Waals surface area contributed by atoms with Crippen molar-refractivity contribution in [3.8, 4) is 5.75 Å². The summed E-state index contributed by atoms with van der Waals surface area (Å²) in [7, 11) is 0. The molecule has 3 rings (SSSR count). The molecule has 1 aliphatic rings. The molecule has 0 saturated carbocycles. The van der Waals surface area contributed by atoms with E-state index in [1.807, 2.05) is 18.2 Å². The van der Waals surface area contributed by atoms with Crippen molar-refractivity contribution in [1.29, 1.82) is 0 Å². The van der Waals surface area contributed by atoms with E-state index in [1.54, 1.807) is 0 Å². The second-order valence-electron chi connectivity index (χ2n) is 9.30. The van der Waals surface area contributed by atoms with Crippen LogP contribution in [0.2, 0.25) is 0 Å². The topological polar surface area (TPSA) is 120 Å². The normalized spacial score (nSPS) is 19.8. The molecule has 0 bridgehead atoms. The molecule has 8 nitrogen and oxygen atoms in total. The van der Waals surface area contributed by atoms with Crippen LogP contribution < -0.4 is 21.5 Å². The fourth-order valence-electron chi connectivity index (χ4n) is 5.13. The second-order valence-corrected chi connectivity index (χ2v) is 9.30. The lowest BCUT2D eigenvalue weighted by Crippen LogP contribution is -2.52. The van der Waals surface area contributed by atoms with Gasteiger partial charge < -0.3 is 36.0 Å². The van der Waals surface area contributed by atoms with Crippen LogP contribution >= 0.6 is 0 Å². The zero-order valence-electron chi connectivity index (χ0n) is 21.0. The number of hydrogen-bond donors (Lipinski definition) is 3. The van der Waals surface area contributed by atoms with E-state index >= 15 is 0 Å². The largest absolute Gasteiger partial charge is 0.492 e. The molecule has 36 heavy (non-hydrogen) atoms. The van der Waals surface area contributed by atoms with Gasteiger partial charge in [-0.25, -0.2) is 0 Å². The van der Waals surface area contributed by atoms with Gasteiger partial charge in [-0.05, 0) is 55.0 Å². The number of ether oxygens (including phenoxy) is 2. The lowest BCUT2D eigenvalue weighted by Gasteiger charge is -2.37. The van der Waals surface area contributed by atoms with Gasteiger partial charge >= 0.3 is 0 Å². The minimum Gasteiger partial charge on any atom is -0.492 e. The van der Waals surface area contributed by atoms with Crippen LogP contribution in [0.3, 0.4) is 0 Å². The number of carbonyl (C=O) groups excluding carboxylic acids is 2. The summed E-state index contributed by atoms with van der Waals surface area (Å²) in [5.74, 6) is 1.24. The summed E-state index contributed by atoms with van der Waals surface area (Å²) in [6.07, 6.45) is 4.06.